The number of likely N-dealkylation sites (N-methyl/N-ethyl adjacent to an activating group) is 1. The molecular weight excluding hydrogens is 282 g/mol. The Bertz CT molecular complexity index is 522. The summed E-state index contributed by atoms with van der Waals surface area (Å²) in [7, 11) is 1.68. The molecule has 0 spiro atoms. The molecule has 0 aromatic carbocycles. The Kier molecular flexibility index (Phi) is 6.42. The SMILES string of the molecule is CCN1CCN(Cc2cc(=O)c(O)cn2CCCOC)CC1. The van der Waals surface area contributed by atoms with Crippen molar-refractivity contribution >= 4 is 0 Å². The van der Waals surface area contributed by atoms with Gasteiger partial charge in [-0.3, -0.25) is 9.69 Å². The molecule has 0 amide bonds. The fourth-order valence-corrected chi connectivity index (χ4v) is 2.82. The molecular formula is C16H27N3O3. The Morgan fingerprint density at radius 1 is 1.23 bits per heavy atom. The first-order chi connectivity index (χ1) is 10.6. The average Bonchev–Trinajstić information content (AvgIpc) is 2.53. The first-order valence-electron chi connectivity index (χ1n) is 8.00. The largest absolute Gasteiger partial charge is 0.503 e. The van der Waals surface area contributed by atoms with Gasteiger partial charge in [0.15, 0.2) is 5.75 Å². The van der Waals surface area contributed by atoms with Crippen LogP contribution in [0.4, 0.5) is 0 Å². The normalized spacial score (nSPS) is 17.0. The van der Waals surface area contributed by atoms with Gasteiger partial charge in [-0.05, 0) is 13.0 Å². The van der Waals surface area contributed by atoms with Crippen LogP contribution in [0.15, 0.2) is 17.1 Å². The third kappa shape index (κ3) is 4.56. The molecule has 1 aliphatic heterocycles. The van der Waals surface area contributed by atoms with Crippen LogP contribution in [0, 0.1) is 0 Å². The number of hydrogen-bond donors (Lipinski definition) is 1. The first kappa shape index (κ1) is 17.0. The minimum Gasteiger partial charge on any atom is -0.503 e. The van der Waals surface area contributed by atoms with E-state index in [1.165, 1.54) is 0 Å². The minimum absolute atomic E-state index is 0.183. The number of hydrogen-bond acceptors (Lipinski definition) is 5. The summed E-state index contributed by atoms with van der Waals surface area (Å²) in [6.07, 6.45) is 2.41. The highest BCUT2D eigenvalue weighted by molar-refractivity contribution is 5.20. The molecule has 6 nitrogen and oxygen atoms in total. The van der Waals surface area contributed by atoms with Gasteiger partial charge in [0, 0.05) is 64.7 Å². The van der Waals surface area contributed by atoms with Crippen LogP contribution in [0.1, 0.15) is 19.0 Å². The Balaban J connectivity index is 2.05. The van der Waals surface area contributed by atoms with E-state index in [9.17, 15) is 9.90 Å². The van der Waals surface area contributed by atoms with Crippen molar-refractivity contribution in [3.05, 3.63) is 28.2 Å². The lowest BCUT2D eigenvalue weighted by atomic mass is 10.2. The monoisotopic (exact) mass is 309 g/mol. The van der Waals surface area contributed by atoms with Crippen molar-refractivity contribution in [2.24, 2.45) is 0 Å². The van der Waals surface area contributed by atoms with Crippen molar-refractivity contribution in [2.75, 3.05) is 46.4 Å². The molecule has 1 aromatic rings. The van der Waals surface area contributed by atoms with Crippen molar-refractivity contribution in [1.29, 1.82) is 0 Å². The number of aromatic nitrogens is 1. The summed E-state index contributed by atoms with van der Waals surface area (Å²) in [6.45, 7) is 9.61. The number of nitrogens with zero attached hydrogens (tertiary/aromatic N) is 3. The fourth-order valence-electron chi connectivity index (χ4n) is 2.82. The van der Waals surface area contributed by atoms with E-state index in [-0.39, 0.29) is 11.2 Å². The zero-order valence-electron chi connectivity index (χ0n) is 13.6. The molecule has 124 valence electrons. The maximum absolute atomic E-state index is 11.7. The lowest BCUT2D eigenvalue weighted by Crippen LogP contribution is -2.46. The lowest BCUT2D eigenvalue weighted by Gasteiger charge is -2.34. The van der Waals surface area contributed by atoms with Gasteiger partial charge in [-0.2, -0.15) is 0 Å². The summed E-state index contributed by atoms with van der Waals surface area (Å²) >= 11 is 0. The van der Waals surface area contributed by atoms with Crippen LogP contribution < -0.4 is 5.43 Å². The lowest BCUT2D eigenvalue weighted by molar-refractivity contribution is 0.129. The topological polar surface area (TPSA) is 57.9 Å². The molecule has 1 saturated heterocycles. The van der Waals surface area contributed by atoms with E-state index in [2.05, 4.69) is 16.7 Å². The molecule has 0 saturated carbocycles. The molecule has 2 heterocycles. The Morgan fingerprint density at radius 3 is 2.55 bits per heavy atom. The van der Waals surface area contributed by atoms with Crippen LogP contribution in [0.5, 0.6) is 5.75 Å². The smallest absolute Gasteiger partial charge is 0.223 e. The molecule has 6 heteroatoms. The van der Waals surface area contributed by atoms with Crippen LogP contribution in [-0.2, 0) is 17.8 Å². The summed E-state index contributed by atoms with van der Waals surface area (Å²) in [5, 5.41) is 9.67. The summed E-state index contributed by atoms with van der Waals surface area (Å²) in [5.74, 6) is -0.183. The van der Waals surface area contributed by atoms with E-state index in [0.717, 1.165) is 57.9 Å². The molecule has 0 atom stereocenters. The van der Waals surface area contributed by atoms with Crippen molar-refractivity contribution in [2.45, 2.75) is 26.4 Å². The van der Waals surface area contributed by atoms with Crippen molar-refractivity contribution < 1.29 is 9.84 Å². The minimum atomic E-state index is -0.301. The van der Waals surface area contributed by atoms with Gasteiger partial charge in [0.25, 0.3) is 0 Å². The second kappa shape index (κ2) is 8.31. The summed E-state index contributed by atoms with van der Waals surface area (Å²) in [5.41, 5.74) is 0.661. The summed E-state index contributed by atoms with van der Waals surface area (Å²) in [6, 6.07) is 1.56. The number of methoxy groups -OCH3 is 1. The number of aryl methyl sites for hydroxylation is 1. The van der Waals surface area contributed by atoms with Crippen LogP contribution in [0.2, 0.25) is 0 Å². The zero-order chi connectivity index (χ0) is 15.9. The van der Waals surface area contributed by atoms with Gasteiger partial charge in [0.2, 0.25) is 5.43 Å². The molecule has 0 radical (unpaired) electrons. The van der Waals surface area contributed by atoms with Gasteiger partial charge in [0.1, 0.15) is 0 Å². The number of ether oxygens (including phenoxy) is 1. The summed E-state index contributed by atoms with van der Waals surface area (Å²) < 4.78 is 7.05. The first-order valence-corrected chi connectivity index (χ1v) is 8.00. The number of aromatic hydroxyl groups is 1. The average molecular weight is 309 g/mol. The predicted molar refractivity (Wildman–Crippen MR) is 86.3 cm³/mol. The van der Waals surface area contributed by atoms with Crippen molar-refractivity contribution in [1.82, 2.24) is 14.4 Å². The number of piperazine rings is 1. The molecule has 1 aliphatic rings. The Morgan fingerprint density at radius 2 is 1.91 bits per heavy atom. The van der Waals surface area contributed by atoms with Crippen LogP contribution in [0.25, 0.3) is 0 Å². The van der Waals surface area contributed by atoms with Gasteiger partial charge in [-0.1, -0.05) is 6.92 Å². The zero-order valence-corrected chi connectivity index (χ0v) is 13.6. The highest BCUT2D eigenvalue weighted by Crippen LogP contribution is 2.11. The summed E-state index contributed by atoms with van der Waals surface area (Å²) in [4.78, 5) is 16.5. The van der Waals surface area contributed by atoms with Crippen LogP contribution >= 0.6 is 0 Å². The van der Waals surface area contributed by atoms with Crippen LogP contribution in [-0.4, -0.2) is 65.9 Å². The molecule has 1 aromatic heterocycles. The molecule has 22 heavy (non-hydrogen) atoms. The highest BCUT2D eigenvalue weighted by Gasteiger charge is 2.17. The molecule has 1 fully saturated rings. The Hall–Kier alpha value is -1.37. The number of pyridine rings is 1. The van der Waals surface area contributed by atoms with E-state index in [4.69, 9.17) is 4.74 Å². The van der Waals surface area contributed by atoms with Gasteiger partial charge in [-0.25, -0.2) is 0 Å². The second-order valence-electron chi connectivity index (χ2n) is 5.76. The fraction of sp³-hybridized carbons (Fsp3) is 0.688. The highest BCUT2D eigenvalue weighted by atomic mass is 16.5. The molecule has 0 bridgehead atoms. The van der Waals surface area contributed by atoms with Crippen molar-refractivity contribution in [3.63, 3.8) is 0 Å². The Labute approximate surface area is 131 Å². The predicted octanol–water partition coefficient (Wildman–Crippen LogP) is 0.728. The number of rotatable bonds is 7. The quantitative estimate of drug-likeness (QED) is 0.753. The van der Waals surface area contributed by atoms with Crippen LogP contribution in [0.3, 0.4) is 0 Å². The van der Waals surface area contributed by atoms with Gasteiger partial charge < -0.3 is 19.3 Å². The van der Waals surface area contributed by atoms with E-state index in [1.54, 1.807) is 19.4 Å². The van der Waals surface area contributed by atoms with Gasteiger partial charge >= 0.3 is 0 Å². The van der Waals surface area contributed by atoms with E-state index < -0.39 is 0 Å². The third-order valence-electron chi connectivity index (χ3n) is 4.24. The van der Waals surface area contributed by atoms with E-state index in [0.29, 0.717) is 6.61 Å². The van der Waals surface area contributed by atoms with Crippen molar-refractivity contribution in [3.8, 4) is 5.75 Å². The second-order valence-corrected chi connectivity index (χ2v) is 5.76. The van der Waals surface area contributed by atoms with E-state index in [1.807, 2.05) is 4.57 Å². The van der Waals surface area contributed by atoms with Gasteiger partial charge in [-0.15, -0.1) is 0 Å². The molecule has 0 aliphatic carbocycles. The standard InChI is InChI=1S/C16H27N3O3/c1-3-17-6-8-18(9-7-17)12-14-11-15(20)16(21)13-19(14)5-4-10-22-2/h11,13,21H,3-10,12H2,1-2H3. The third-order valence-corrected chi connectivity index (χ3v) is 4.24. The van der Waals surface area contributed by atoms with E-state index >= 15 is 0 Å². The molecule has 0 unspecified atom stereocenters. The maximum atomic E-state index is 11.7. The molecule has 1 N–H and O–H groups in total. The maximum Gasteiger partial charge on any atom is 0.223 e. The van der Waals surface area contributed by atoms with Gasteiger partial charge in [0.05, 0.1) is 6.20 Å². The molecule has 2 rings (SSSR count).